The van der Waals surface area contributed by atoms with Crippen molar-refractivity contribution >= 4 is 33.3 Å². The molecule has 0 unspecified atom stereocenters. The zero-order valence-electron chi connectivity index (χ0n) is 16.0. The maximum Gasteiger partial charge on any atom is 0.159 e. The molecule has 0 spiro atoms. The molecule has 0 aliphatic carbocycles. The molecule has 5 aromatic rings. The minimum atomic E-state index is 0.650. The first-order chi connectivity index (χ1) is 14.3. The van der Waals surface area contributed by atoms with Crippen LogP contribution >= 0.6 is 0 Å². The van der Waals surface area contributed by atoms with Gasteiger partial charge in [0.2, 0.25) is 0 Å². The van der Waals surface area contributed by atoms with Crippen molar-refractivity contribution in [1.29, 1.82) is 5.26 Å². The maximum absolute atomic E-state index is 9.05. The van der Waals surface area contributed by atoms with Crippen molar-refractivity contribution in [2.45, 2.75) is 0 Å². The second-order valence-corrected chi connectivity index (χ2v) is 7.02. The van der Waals surface area contributed by atoms with Gasteiger partial charge in [-0.15, -0.1) is 0 Å². The SMILES string of the molecule is CN(c1ccc(C#N)cc1)c1cccc2c1oc1c(-c3ccccc3)cccc12. The van der Waals surface area contributed by atoms with Crippen molar-refractivity contribution in [3.05, 3.63) is 96.6 Å². The van der Waals surface area contributed by atoms with Crippen LogP contribution in [-0.4, -0.2) is 7.05 Å². The van der Waals surface area contributed by atoms with Crippen molar-refractivity contribution in [1.82, 2.24) is 0 Å². The Morgan fingerprint density at radius 2 is 1.41 bits per heavy atom. The molecule has 0 amide bonds. The van der Waals surface area contributed by atoms with Gasteiger partial charge in [-0.1, -0.05) is 60.7 Å². The number of fused-ring (bicyclic) bond motifs is 3. The number of benzene rings is 4. The summed E-state index contributed by atoms with van der Waals surface area (Å²) in [4.78, 5) is 2.09. The molecule has 5 rings (SSSR count). The van der Waals surface area contributed by atoms with E-state index in [2.05, 4.69) is 59.5 Å². The van der Waals surface area contributed by atoms with E-state index in [1.54, 1.807) is 0 Å². The lowest BCUT2D eigenvalue weighted by Crippen LogP contribution is -2.09. The van der Waals surface area contributed by atoms with Crippen molar-refractivity contribution in [3.63, 3.8) is 0 Å². The quantitative estimate of drug-likeness (QED) is 0.345. The van der Waals surface area contributed by atoms with Crippen LogP contribution in [0.15, 0.2) is 95.4 Å². The second-order valence-electron chi connectivity index (χ2n) is 7.02. The molecule has 0 N–H and O–H groups in total. The van der Waals surface area contributed by atoms with Gasteiger partial charge in [-0.2, -0.15) is 5.26 Å². The van der Waals surface area contributed by atoms with Gasteiger partial charge in [-0.3, -0.25) is 0 Å². The van der Waals surface area contributed by atoms with Crippen LogP contribution in [0.25, 0.3) is 33.1 Å². The topological polar surface area (TPSA) is 40.2 Å². The summed E-state index contributed by atoms with van der Waals surface area (Å²) in [5.74, 6) is 0. The normalized spacial score (nSPS) is 10.9. The fraction of sp³-hybridized carbons (Fsp3) is 0.0385. The molecule has 138 valence electrons. The first-order valence-electron chi connectivity index (χ1n) is 9.50. The summed E-state index contributed by atoms with van der Waals surface area (Å²) in [5.41, 5.74) is 6.62. The Kier molecular flexibility index (Phi) is 4.04. The van der Waals surface area contributed by atoms with Crippen LogP contribution in [0.3, 0.4) is 0 Å². The highest BCUT2D eigenvalue weighted by atomic mass is 16.3. The van der Waals surface area contributed by atoms with Gasteiger partial charge in [0.1, 0.15) is 5.58 Å². The molecule has 0 bridgehead atoms. The van der Waals surface area contributed by atoms with E-state index in [0.717, 1.165) is 44.4 Å². The first kappa shape index (κ1) is 17.1. The van der Waals surface area contributed by atoms with Crippen molar-refractivity contribution in [2.75, 3.05) is 11.9 Å². The summed E-state index contributed by atoms with van der Waals surface area (Å²) < 4.78 is 6.46. The molecule has 0 aliphatic heterocycles. The third-order valence-corrected chi connectivity index (χ3v) is 5.33. The van der Waals surface area contributed by atoms with Gasteiger partial charge in [0.15, 0.2) is 5.58 Å². The van der Waals surface area contributed by atoms with Crippen LogP contribution in [0.2, 0.25) is 0 Å². The Bertz CT molecular complexity index is 1360. The molecule has 0 atom stereocenters. The Morgan fingerprint density at radius 1 is 0.724 bits per heavy atom. The van der Waals surface area contributed by atoms with E-state index in [1.807, 2.05) is 49.5 Å². The van der Waals surface area contributed by atoms with Crippen LogP contribution in [0.5, 0.6) is 0 Å². The highest BCUT2D eigenvalue weighted by Gasteiger charge is 2.16. The van der Waals surface area contributed by atoms with Crippen LogP contribution in [0.1, 0.15) is 5.56 Å². The Morgan fingerprint density at radius 3 is 2.14 bits per heavy atom. The predicted octanol–water partition coefficient (Wildman–Crippen LogP) is 6.89. The third kappa shape index (κ3) is 2.83. The van der Waals surface area contributed by atoms with Gasteiger partial charge >= 0.3 is 0 Å². The fourth-order valence-electron chi connectivity index (χ4n) is 3.81. The number of anilines is 2. The predicted molar refractivity (Wildman–Crippen MR) is 118 cm³/mol. The maximum atomic E-state index is 9.05. The van der Waals surface area contributed by atoms with Crippen LogP contribution in [0.4, 0.5) is 11.4 Å². The summed E-state index contributed by atoms with van der Waals surface area (Å²) in [5, 5.41) is 11.2. The molecule has 3 nitrogen and oxygen atoms in total. The number of rotatable bonds is 3. The second kappa shape index (κ2) is 6.85. The van der Waals surface area contributed by atoms with Crippen molar-refractivity contribution < 1.29 is 4.42 Å². The van der Waals surface area contributed by atoms with Crippen LogP contribution in [0, 0.1) is 11.3 Å². The van der Waals surface area contributed by atoms with Gasteiger partial charge in [0.25, 0.3) is 0 Å². The molecule has 29 heavy (non-hydrogen) atoms. The highest BCUT2D eigenvalue weighted by Crippen LogP contribution is 2.40. The molecule has 1 aromatic heterocycles. The zero-order chi connectivity index (χ0) is 19.8. The number of furan rings is 1. The van der Waals surface area contributed by atoms with E-state index >= 15 is 0 Å². The van der Waals surface area contributed by atoms with E-state index in [9.17, 15) is 0 Å². The lowest BCUT2D eigenvalue weighted by atomic mass is 10.0. The molecule has 0 fully saturated rings. The van der Waals surface area contributed by atoms with Crippen molar-refractivity contribution in [2.24, 2.45) is 0 Å². The van der Waals surface area contributed by atoms with Gasteiger partial charge in [0, 0.05) is 29.1 Å². The molecule has 3 heteroatoms. The summed E-state index contributed by atoms with van der Waals surface area (Å²) in [6.07, 6.45) is 0. The monoisotopic (exact) mass is 374 g/mol. The summed E-state index contributed by atoms with van der Waals surface area (Å²) in [6.45, 7) is 0. The summed E-state index contributed by atoms with van der Waals surface area (Å²) in [6, 6.07) is 32.6. The fourth-order valence-corrected chi connectivity index (χ4v) is 3.81. The smallest absolute Gasteiger partial charge is 0.159 e. The first-order valence-corrected chi connectivity index (χ1v) is 9.50. The lowest BCUT2D eigenvalue weighted by molar-refractivity contribution is 0.669. The number of para-hydroxylation sites is 2. The van der Waals surface area contributed by atoms with Gasteiger partial charge in [-0.05, 0) is 35.9 Å². The van der Waals surface area contributed by atoms with Gasteiger partial charge in [0.05, 0.1) is 17.3 Å². The van der Waals surface area contributed by atoms with Crippen LogP contribution < -0.4 is 4.90 Å². The van der Waals surface area contributed by atoms with E-state index in [1.165, 1.54) is 0 Å². The van der Waals surface area contributed by atoms with E-state index in [4.69, 9.17) is 9.68 Å². The Labute approximate surface area is 169 Å². The molecule has 0 aliphatic rings. The lowest BCUT2D eigenvalue weighted by Gasteiger charge is -2.19. The molecular formula is C26H18N2O. The van der Waals surface area contributed by atoms with Gasteiger partial charge < -0.3 is 9.32 Å². The van der Waals surface area contributed by atoms with Crippen LogP contribution in [-0.2, 0) is 0 Å². The van der Waals surface area contributed by atoms with E-state index in [0.29, 0.717) is 5.56 Å². The highest BCUT2D eigenvalue weighted by molar-refractivity contribution is 6.12. The molecule has 4 aromatic carbocycles. The van der Waals surface area contributed by atoms with Gasteiger partial charge in [-0.25, -0.2) is 0 Å². The number of hydrogen-bond donors (Lipinski definition) is 0. The molecule has 0 radical (unpaired) electrons. The van der Waals surface area contributed by atoms with E-state index < -0.39 is 0 Å². The molecule has 0 saturated heterocycles. The molecular weight excluding hydrogens is 356 g/mol. The molecule has 0 saturated carbocycles. The van der Waals surface area contributed by atoms with Crippen molar-refractivity contribution in [3.8, 4) is 17.2 Å². The number of hydrogen-bond acceptors (Lipinski definition) is 3. The average Bonchev–Trinajstić information content (AvgIpc) is 3.18. The zero-order valence-corrected chi connectivity index (χ0v) is 16.0. The number of nitrogens with zero attached hydrogens (tertiary/aromatic N) is 2. The standard InChI is InChI=1S/C26H18N2O/c1-28(20-15-13-18(17-27)14-16-20)24-12-6-11-23-22-10-5-9-21(25(22)29-26(23)24)19-7-3-2-4-8-19/h2-16H,1H3. The third-order valence-electron chi connectivity index (χ3n) is 5.33. The Hall–Kier alpha value is -4.03. The summed E-state index contributed by atoms with van der Waals surface area (Å²) in [7, 11) is 2.02. The Balaban J connectivity index is 1.71. The average molecular weight is 374 g/mol. The summed E-state index contributed by atoms with van der Waals surface area (Å²) >= 11 is 0. The minimum Gasteiger partial charge on any atom is -0.453 e. The number of nitriles is 1. The largest absolute Gasteiger partial charge is 0.453 e. The minimum absolute atomic E-state index is 0.650. The molecule has 1 heterocycles. The van der Waals surface area contributed by atoms with E-state index in [-0.39, 0.29) is 0 Å².